The van der Waals surface area contributed by atoms with Gasteiger partial charge in [-0.2, -0.15) is 0 Å². The van der Waals surface area contributed by atoms with E-state index in [0.717, 1.165) is 5.56 Å². The second-order valence-corrected chi connectivity index (χ2v) is 8.09. The van der Waals surface area contributed by atoms with Crippen molar-refractivity contribution in [2.45, 2.75) is 19.9 Å². The fourth-order valence-corrected chi connectivity index (χ4v) is 4.61. The molecule has 3 heterocycles. The average molecular weight is 382 g/mol. The van der Waals surface area contributed by atoms with Crippen LogP contribution in [0.2, 0.25) is 0 Å². The molecule has 0 aliphatic carbocycles. The first-order chi connectivity index (χ1) is 13.4. The van der Waals surface area contributed by atoms with Crippen molar-refractivity contribution in [2.24, 2.45) is 11.8 Å². The van der Waals surface area contributed by atoms with Gasteiger partial charge in [-0.3, -0.25) is 4.79 Å². The lowest BCUT2D eigenvalue weighted by molar-refractivity contribution is 0.0756. The Bertz CT molecular complexity index is 907. The number of amides is 3. The number of hydrogen-bond donors (Lipinski definition) is 0. The molecule has 1 aromatic heterocycles. The molecule has 0 N–H and O–H groups in total. The van der Waals surface area contributed by atoms with Crippen molar-refractivity contribution >= 4 is 11.9 Å². The summed E-state index contributed by atoms with van der Waals surface area (Å²) in [5.74, 6) is 0.996. The number of aromatic nitrogens is 1. The number of aryl methyl sites for hydroxylation is 2. The Morgan fingerprint density at radius 1 is 1.14 bits per heavy atom. The van der Waals surface area contributed by atoms with Crippen LogP contribution in [0.25, 0.3) is 0 Å². The van der Waals surface area contributed by atoms with Crippen LogP contribution in [-0.2, 0) is 0 Å². The summed E-state index contributed by atoms with van der Waals surface area (Å²) in [5.41, 5.74) is 2.68. The Labute approximate surface area is 164 Å². The summed E-state index contributed by atoms with van der Waals surface area (Å²) in [5, 5.41) is 3.87. The molecule has 3 amide bonds. The van der Waals surface area contributed by atoms with Gasteiger partial charge in [0.25, 0.3) is 5.91 Å². The van der Waals surface area contributed by atoms with E-state index in [4.69, 9.17) is 4.52 Å². The molecule has 7 nitrogen and oxygen atoms in total. The number of hydrogen-bond acceptors (Lipinski definition) is 4. The minimum Gasteiger partial charge on any atom is -0.361 e. The molecule has 28 heavy (non-hydrogen) atoms. The molecule has 7 heteroatoms. The number of fused-ring (bicyclic) bond motifs is 1. The van der Waals surface area contributed by atoms with Gasteiger partial charge in [0.05, 0.1) is 6.04 Å². The molecule has 0 bridgehead atoms. The van der Waals surface area contributed by atoms with E-state index in [0.29, 0.717) is 31.1 Å². The maximum Gasteiger partial charge on any atom is 0.320 e. The predicted octanol–water partition coefficient (Wildman–Crippen LogP) is 2.72. The summed E-state index contributed by atoms with van der Waals surface area (Å²) in [6.45, 7) is 5.77. The Morgan fingerprint density at radius 2 is 1.89 bits per heavy atom. The van der Waals surface area contributed by atoms with E-state index in [1.807, 2.05) is 21.9 Å². The molecule has 2 saturated heterocycles. The van der Waals surface area contributed by atoms with Crippen LogP contribution in [-0.4, -0.2) is 65.5 Å². The highest BCUT2D eigenvalue weighted by atomic mass is 16.5. The average Bonchev–Trinajstić information content (AvgIpc) is 3.35. The number of nitrogens with zero attached hydrogens (tertiary/aromatic N) is 4. The molecule has 0 spiro atoms. The molecule has 148 valence electrons. The summed E-state index contributed by atoms with van der Waals surface area (Å²) in [6, 6.07) is 9.88. The number of urea groups is 1. The van der Waals surface area contributed by atoms with E-state index in [2.05, 4.69) is 24.2 Å². The van der Waals surface area contributed by atoms with Crippen molar-refractivity contribution in [1.29, 1.82) is 0 Å². The third kappa shape index (κ3) is 3.04. The van der Waals surface area contributed by atoms with Crippen molar-refractivity contribution in [2.75, 3.05) is 33.7 Å². The maximum absolute atomic E-state index is 12.9. The highest BCUT2D eigenvalue weighted by Gasteiger charge is 2.51. The quantitative estimate of drug-likeness (QED) is 0.801. The van der Waals surface area contributed by atoms with Gasteiger partial charge in [0.15, 0.2) is 5.69 Å². The Balaban J connectivity index is 1.63. The van der Waals surface area contributed by atoms with Gasteiger partial charge in [-0.05, 0) is 25.0 Å². The topological polar surface area (TPSA) is 69.9 Å². The number of benzene rings is 1. The van der Waals surface area contributed by atoms with Gasteiger partial charge in [0, 0.05) is 51.6 Å². The number of carbonyl (C=O) groups is 2. The Kier molecular flexibility index (Phi) is 4.61. The Hall–Kier alpha value is -2.83. The summed E-state index contributed by atoms with van der Waals surface area (Å²) in [6.07, 6.45) is 0. The summed E-state index contributed by atoms with van der Waals surface area (Å²) in [7, 11) is 3.57. The number of carbonyl (C=O) groups excluding carboxylic acids is 2. The van der Waals surface area contributed by atoms with Gasteiger partial charge >= 0.3 is 6.03 Å². The third-order valence-corrected chi connectivity index (χ3v) is 5.93. The first-order valence-electron chi connectivity index (χ1n) is 9.63. The second-order valence-electron chi connectivity index (χ2n) is 8.09. The summed E-state index contributed by atoms with van der Waals surface area (Å²) in [4.78, 5) is 31.2. The molecule has 1 aromatic carbocycles. The van der Waals surface area contributed by atoms with Crippen LogP contribution >= 0.6 is 0 Å². The fraction of sp³-hybridized carbons (Fsp3) is 0.476. The van der Waals surface area contributed by atoms with Gasteiger partial charge in [0.2, 0.25) is 0 Å². The predicted molar refractivity (Wildman–Crippen MR) is 104 cm³/mol. The van der Waals surface area contributed by atoms with Crippen LogP contribution in [0, 0.1) is 25.7 Å². The van der Waals surface area contributed by atoms with Crippen molar-refractivity contribution in [3.63, 3.8) is 0 Å². The van der Waals surface area contributed by atoms with Gasteiger partial charge in [-0.25, -0.2) is 4.79 Å². The molecule has 0 saturated carbocycles. The minimum atomic E-state index is -0.0970. The summed E-state index contributed by atoms with van der Waals surface area (Å²) >= 11 is 0. The first-order valence-corrected chi connectivity index (χ1v) is 9.63. The van der Waals surface area contributed by atoms with E-state index < -0.39 is 0 Å². The van der Waals surface area contributed by atoms with Gasteiger partial charge in [-0.1, -0.05) is 29.4 Å². The highest BCUT2D eigenvalue weighted by Crippen LogP contribution is 2.46. The molecule has 2 aromatic rings. The zero-order valence-electron chi connectivity index (χ0n) is 16.8. The van der Waals surface area contributed by atoms with Gasteiger partial charge < -0.3 is 19.2 Å². The van der Waals surface area contributed by atoms with Crippen molar-refractivity contribution in [1.82, 2.24) is 19.9 Å². The fourth-order valence-electron chi connectivity index (χ4n) is 4.61. The van der Waals surface area contributed by atoms with Crippen molar-refractivity contribution in [3.05, 3.63) is 52.9 Å². The molecular formula is C21H26N4O3. The van der Waals surface area contributed by atoms with Crippen LogP contribution in [0.5, 0.6) is 0 Å². The third-order valence-electron chi connectivity index (χ3n) is 5.93. The number of likely N-dealkylation sites (tertiary alicyclic amines) is 2. The molecule has 2 aliphatic rings. The lowest BCUT2D eigenvalue weighted by Crippen LogP contribution is -2.42. The zero-order valence-corrected chi connectivity index (χ0v) is 16.8. The minimum absolute atomic E-state index is 0.0210. The van der Waals surface area contributed by atoms with Crippen LogP contribution in [0.4, 0.5) is 4.79 Å². The molecule has 0 radical (unpaired) electrons. The van der Waals surface area contributed by atoms with Crippen LogP contribution < -0.4 is 0 Å². The van der Waals surface area contributed by atoms with E-state index in [-0.39, 0.29) is 29.8 Å². The SMILES string of the molecule is Cc1cc(C(=O)N2C[C@@H]3CN(C(=O)N(C)C)[C@@H](c4ccccc4C)[C@@H]3C2)no1. The van der Waals surface area contributed by atoms with Crippen LogP contribution in [0.1, 0.15) is 33.4 Å². The van der Waals surface area contributed by atoms with Crippen LogP contribution in [0.15, 0.2) is 34.9 Å². The van der Waals surface area contributed by atoms with Crippen LogP contribution in [0.3, 0.4) is 0 Å². The molecule has 3 atom stereocenters. The van der Waals surface area contributed by atoms with E-state index in [1.165, 1.54) is 5.56 Å². The lowest BCUT2D eigenvalue weighted by atomic mass is 9.88. The smallest absolute Gasteiger partial charge is 0.320 e. The summed E-state index contributed by atoms with van der Waals surface area (Å²) < 4.78 is 5.06. The van der Waals surface area contributed by atoms with E-state index >= 15 is 0 Å². The highest BCUT2D eigenvalue weighted by molar-refractivity contribution is 5.92. The van der Waals surface area contributed by atoms with Gasteiger partial charge in [0.1, 0.15) is 5.76 Å². The largest absolute Gasteiger partial charge is 0.361 e. The standard InChI is InChI=1S/C21H26N4O3/c1-13-7-5-6-8-16(13)19-17-12-24(20(26)18-9-14(2)28-22-18)10-15(17)11-25(19)21(27)23(3)4/h5-9,15,17,19H,10-12H2,1-4H3/t15-,17-,19+/m1/s1. The monoisotopic (exact) mass is 382 g/mol. The molecular weight excluding hydrogens is 356 g/mol. The van der Waals surface area contributed by atoms with Crippen molar-refractivity contribution < 1.29 is 14.1 Å². The second kappa shape index (κ2) is 6.96. The van der Waals surface area contributed by atoms with E-state index in [1.54, 1.807) is 32.0 Å². The lowest BCUT2D eigenvalue weighted by Gasteiger charge is -2.32. The molecule has 2 fully saturated rings. The Morgan fingerprint density at radius 3 is 2.54 bits per heavy atom. The van der Waals surface area contributed by atoms with Crippen molar-refractivity contribution in [3.8, 4) is 0 Å². The normalized spacial score (nSPS) is 23.8. The zero-order chi connectivity index (χ0) is 20.0. The van der Waals surface area contributed by atoms with Gasteiger partial charge in [-0.15, -0.1) is 0 Å². The molecule has 2 aliphatic heterocycles. The van der Waals surface area contributed by atoms with E-state index in [9.17, 15) is 9.59 Å². The number of rotatable bonds is 2. The maximum atomic E-state index is 12.9. The molecule has 0 unspecified atom stereocenters. The first kappa shape index (κ1) is 18.5. The molecule has 4 rings (SSSR count).